The second kappa shape index (κ2) is 7.11. The molecule has 1 unspecified atom stereocenters. The van der Waals surface area contributed by atoms with Gasteiger partial charge in [-0.1, -0.05) is 54.1 Å². The number of carboxylic acids is 1. The van der Waals surface area contributed by atoms with Crippen molar-refractivity contribution in [3.05, 3.63) is 65.8 Å². The molecule has 1 atom stereocenters. The number of hydrogen-bond acceptors (Lipinski definition) is 1. The molecule has 1 aliphatic carbocycles. The van der Waals surface area contributed by atoms with Gasteiger partial charge < -0.3 is 5.11 Å². The highest BCUT2D eigenvalue weighted by molar-refractivity contribution is 6.22. The predicted octanol–water partition coefficient (Wildman–Crippen LogP) is 4.43. The van der Waals surface area contributed by atoms with Gasteiger partial charge in [0.1, 0.15) is 0 Å². The van der Waals surface area contributed by atoms with Crippen molar-refractivity contribution >= 4 is 23.1 Å². The molecule has 0 amide bonds. The van der Waals surface area contributed by atoms with Crippen LogP contribution in [0.3, 0.4) is 0 Å². The first kappa shape index (κ1) is 14.6. The first-order valence-electron chi connectivity index (χ1n) is 6.65. The van der Waals surface area contributed by atoms with Crippen molar-refractivity contribution in [1.29, 1.82) is 0 Å². The van der Waals surface area contributed by atoms with Gasteiger partial charge >= 0.3 is 5.97 Å². The number of carbonyl (C=O) groups is 1. The minimum atomic E-state index is -0.905. The minimum absolute atomic E-state index is 0.0851. The molecule has 2 rings (SSSR count). The molecule has 20 heavy (non-hydrogen) atoms. The Balaban J connectivity index is 2.07. The Kier molecular flexibility index (Phi) is 5.19. The largest absolute Gasteiger partial charge is 0.478 e. The van der Waals surface area contributed by atoms with E-state index in [1.165, 1.54) is 11.6 Å². The Hall–Kier alpha value is -1.80. The number of carboxylic acid groups (broad SMARTS) is 1. The average molecular weight is 289 g/mol. The Labute approximate surface area is 124 Å². The van der Waals surface area contributed by atoms with Gasteiger partial charge in [0, 0.05) is 6.08 Å². The summed E-state index contributed by atoms with van der Waals surface area (Å²) in [7, 11) is 0. The number of rotatable bonds is 5. The molecule has 0 aromatic heterocycles. The van der Waals surface area contributed by atoms with E-state index in [1.807, 2.05) is 42.5 Å². The highest BCUT2D eigenvalue weighted by Gasteiger charge is 2.08. The average Bonchev–Trinajstić information content (AvgIpc) is 2.46. The van der Waals surface area contributed by atoms with Crippen molar-refractivity contribution in [1.82, 2.24) is 0 Å². The Morgan fingerprint density at radius 3 is 2.70 bits per heavy atom. The number of alkyl halides is 1. The maximum atomic E-state index is 11.0. The van der Waals surface area contributed by atoms with E-state index in [0.717, 1.165) is 24.0 Å². The smallest absolute Gasteiger partial charge is 0.328 e. The van der Waals surface area contributed by atoms with Gasteiger partial charge in [0.05, 0.1) is 5.38 Å². The summed E-state index contributed by atoms with van der Waals surface area (Å²) in [6, 6.07) is 9.64. The Bertz CT molecular complexity index is 556. The van der Waals surface area contributed by atoms with Gasteiger partial charge in [0.2, 0.25) is 0 Å². The summed E-state index contributed by atoms with van der Waals surface area (Å²) in [5.74, 6) is -0.905. The lowest BCUT2D eigenvalue weighted by Gasteiger charge is -2.12. The quantitative estimate of drug-likeness (QED) is 0.643. The molecule has 0 radical (unpaired) electrons. The van der Waals surface area contributed by atoms with Crippen molar-refractivity contribution in [2.24, 2.45) is 0 Å². The molecule has 1 aromatic carbocycles. The standard InChI is InChI=1S/C17H17ClO2/c18-16-10-7-13(8-11-16)6-9-15(12-17(19)20)14-4-2-1-3-5-14/h1-5,7-8,10,12,16H,6,9,11H2,(H,19,20)/b15-12-. The summed E-state index contributed by atoms with van der Waals surface area (Å²) in [6.45, 7) is 0. The van der Waals surface area contributed by atoms with Crippen molar-refractivity contribution < 1.29 is 9.90 Å². The van der Waals surface area contributed by atoms with E-state index < -0.39 is 5.97 Å². The molecule has 2 nitrogen and oxygen atoms in total. The van der Waals surface area contributed by atoms with Crippen LogP contribution in [0, 0.1) is 0 Å². The highest BCUT2D eigenvalue weighted by atomic mass is 35.5. The van der Waals surface area contributed by atoms with Crippen molar-refractivity contribution in [2.45, 2.75) is 24.6 Å². The molecule has 0 aliphatic heterocycles. The zero-order chi connectivity index (χ0) is 14.4. The lowest BCUT2D eigenvalue weighted by Crippen LogP contribution is -1.98. The molecule has 1 aromatic rings. The van der Waals surface area contributed by atoms with Crippen LogP contribution in [0.15, 0.2) is 60.2 Å². The molecule has 3 heteroatoms. The van der Waals surface area contributed by atoms with E-state index in [-0.39, 0.29) is 5.38 Å². The van der Waals surface area contributed by atoms with Gasteiger partial charge in [-0.15, -0.1) is 11.6 Å². The third kappa shape index (κ3) is 4.39. The van der Waals surface area contributed by atoms with E-state index in [2.05, 4.69) is 6.08 Å². The maximum absolute atomic E-state index is 11.0. The fourth-order valence-electron chi connectivity index (χ4n) is 2.20. The third-order valence-electron chi connectivity index (χ3n) is 3.25. The van der Waals surface area contributed by atoms with Gasteiger partial charge in [0.25, 0.3) is 0 Å². The fourth-order valence-corrected chi connectivity index (χ4v) is 2.37. The van der Waals surface area contributed by atoms with Gasteiger partial charge in [0.15, 0.2) is 0 Å². The van der Waals surface area contributed by atoms with Crippen LogP contribution in [0.5, 0.6) is 0 Å². The zero-order valence-electron chi connectivity index (χ0n) is 11.1. The molecule has 1 N–H and O–H groups in total. The van der Waals surface area contributed by atoms with E-state index in [4.69, 9.17) is 16.7 Å². The van der Waals surface area contributed by atoms with Crippen molar-refractivity contribution in [3.63, 3.8) is 0 Å². The van der Waals surface area contributed by atoms with E-state index in [9.17, 15) is 4.79 Å². The second-order valence-corrected chi connectivity index (χ2v) is 5.32. The predicted molar refractivity (Wildman–Crippen MR) is 82.8 cm³/mol. The van der Waals surface area contributed by atoms with Crippen LogP contribution in [0.2, 0.25) is 0 Å². The SMILES string of the molecule is O=C(O)/C=C(/CCC1=CCC(Cl)C=C1)c1ccccc1. The molecule has 0 saturated heterocycles. The summed E-state index contributed by atoms with van der Waals surface area (Å²) < 4.78 is 0. The van der Waals surface area contributed by atoms with Gasteiger partial charge in [-0.05, 0) is 30.4 Å². The summed E-state index contributed by atoms with van der Waals surface area (Å²) in [6.07, 6.45) is 9.82. The lowest BCUT2D eigenvalue weighted by atomic mass is 9.95. The van der Waals surface area contributed by atoms with Crippen molar-refractivity contribution in [2.75, 3.05) is 0 Å². The van der Waals surface area contributed by atoms with Crippen LogP contribution in [0.1, 0.15) is 24.8 Å². The van der Waals surface area contributed by atoms with Gasteiger partial charge in [-0.3, -0.25) is 0 Å². The molecule has 1 aliphatic rings. The topological polar surface area (TPSA) is 37.3 Å². The molecule has 104 valence electrons. The number of halogens is 1. The second-order valence-electron chi connectivity index (χ2n) is 4.76. The van der Waals surface area contributed by atoms with Gasteiger partial charge in [-0.25, -0.2) is 4.79 Å². The molecule has 0 saturated carbocycles. The Morgan fingerprint density at radius 1 is 1.35 bits per heavy atom. The van der Waals surface area contributed by atoms with Crippen LogP contribution in [0.4, 0.5) is 0 Å². The molecule has 0 fully saturated rings. The van der Waals surface area contributed by atoms with Crippen LogP contribution in [-0.4, -0.2) is 16.5 Å². The normalized spacial score (nSPS) is 18.8. The monoisotopic (exact) mass is 288 g/mol. The molecule has 0 bridgehead atoms. The minimum Gasteiger partial charge on any atom is -0.478 e. The van der Waals surface area contributed by atoms with E-state index in [1.54, 1.807) is 0 Å². The summed E-state index contributed by atoms with van der Waals surface area (Å²) in [5, 5.41) is 9.08. The maximum Gasteiger partial charge on any atom is 0.328 e. The van der Waals surface area contributed by atoms with Crippen molar-refractivity contribution in [3.8, 4) is 0 Å². The molecular formula is C17H17ClO2. The third-order valence-corrected chi connectivity index (χ3v) is 3.57. The fraction of sp³-hybridized carbons (Fsp3) is 0.235. The summed E-state index contributed by atoms with van der Waals surface area (Å²) in [5.41, 5.74) is 3.03. The first-order valence-corrected chi connectivity index (χ1v) is 7.09. The van der Waals surface area contributed by atoms with Gasteiger partial charge in [-0.2, -0.15) is 0 Å². The van der Waals surface area contributed by atoms with Crippen LogP contribution >= 0.6 is 11.6 Å². The number of hydrogen-bond donors (Lipinski definition) is 1. The number of allylic oxidation sites excluding steroid dienone is 5. The lowest BCUT2D eigenvalue weighted by molar-refractivity contribution is -0.131. The summed E-state index contributed by atoms with van der Waals surface area (Å²) in [4.78, 5) is 11.0. The van der Waals surface area contributed by atoms with Crippen LogP contribution in [-0.2, 0) is 4.79 Å². The number of aliphatic carboxylic acids is 1. The Morgan fingerprint density at radius 2 is 2.10 bits per heavy atom. The molecular weight excluding hydrogens is 272 g/mol. The van der Waals surface area contributed by atoms with Crippen LogP contribution in [0.25, 0.3) is 5.57 Å². The number of benzene rings is 1. The van der Waals surface area contributed by atoms with E-state index in [0.29, 0.717) is 6.42 Å². The molecule has 0 heterocycles. The summed E-state index contributed by atoms with van der Waals surface area (Å²) >= 11 is 5.99. The molecule has 0 spiro atoms. The van der Waals surface area contributed by atoms with E-state index >= 15 is 0 Å². The first-order chi connectivity index (χ1) is 9.65. The highest BCUT2D eigenvalue weighted by Crippen LogP contribution is 2.25. The van der Waals surface area contributed by atoms with Crippen LogP contribution < -0.4 is 0 Å². The zero-order valence-corrected chi connectivity index (χ0v) is 11.9.